The summed E-state index contributed by atoms with van der Waals surface area (Å²) >= 11 is 0. The van der Waals surface area contributed by atoms with E-state index in [-0.39, 0.29) is 45.1 Å². The summed E-state index contributed by atoms with van der Waals surface area (Å²) in [7, 11) is 0. The molecule has 0 aliphatic carbocycles. The zero-order valence-electron chi connectivity index (χ0n) is 23.4. The molecule has 0 aromatic heterocycles. The number of carbonyl (C=O) groups is 3. The Morgan fingerprint density at radius 3 is 1.84 bits per heavy atom. The Kier molecular flexibility index (Phi) is 11.8. The van der Waals surface area contributed by atoms with Gasteiger partial charge in [0.05, 0.1) is 15.8 Å². The quantitative estimate of drug-likeness (QED) is 0.0758. The molecule has 0 radical (unpaired) electrons. The van der Waals surface area contributed by atoms with E-state index in [0.717, 1.165) is 12.1 Å². The predicted molar refractivity (Wildman–Crippen MR) is 148 cm³/mol. The van der Waals surface area contributed by atoms with Crippen molar-refractivity contribution in [3.8, 4) is 11.5 Å². The van der Waals surface area contributed by atoms with Gasteiger partial charge in [0, 0.05) is 30.8 Å². The summed E-state index contributed by atoms with van der Waals surface area (Å²) in [5, 5.41) is 22.5. The third kappa shape index (κ3) is 9.69. The van der Waals surface area contributed by atoms with Crippen molar-refractivity contribution < 1.29 is 47.9 Å². The zero-order valence-corrected chi connectivity index (χ0v) is 23.4. The fraction of sp³-hybridized carbons (Fsp3) is 0.393. The number of nitro groups is 2. The van der Waals surface area contributed by atoms with Crippen molar-refractivity contribution >= 4 is 29.4 Å². The monoisotopic (exact) mass is 601 g/mol. The first-order valence-electron chi connectivity index (χ1n) is 13.2. The van der Waals surface area contributed by atoms with Crippen LogP contribution in [0.2, 0.25) is 0 Å². The van der Waals surface area contributed by atoms with Crippen molar-refractivity contribution in [2.24, 2.45) is 5.92 Å². The molecule has 43 heavy (non-hydrogen) atoms. The van der Waals surface area contributed by atoms with Crippen LogP contribution in [-0.2, 0) is 30.4 Å². The van der Waals surface area contributed by atoms with Gasteiger partial charge in [-0.15, -0.1) is 0 Å². The third-order valence-electron chi connectivity index (χ3n) is 6.30. The number of amides is 1. The lowest BCUT2D eigenvalue weighted by atomic mass is 9.97. The number of nitro benzene ring substituents is 2. The lowest BCUT2D eigenvalue weighted by Crippen LogP contribution is -2.41. The van der Waals surface area contributed by atoms with E-state index in [0.29, 0.717) is 29.9 Å². The van der Waals surface area contributed by atoms with Crippen molar-refractivity contribution in [1.82, 2.24) is 4.90 Å². The Hall–Kier alpha value is -5.21. The molecule has 1 aliphatic heterocycles. The van der Waals surface area contributed by atoms with Gasteiger partial charge < -0.3 is 28.6 Å². The molecule has 0 N–H and O–H groups in total. The summed E-state index contributed by atoms with van der Waals surface area (Å²) in [5.74, 6) is -0.251. The van der Waals surface area contributed by atoms with E-state index >= 15 is 0 Å². The van der Waals surface area contributed by atoms with Crippen molar-refractivity contribution in [3.63, 3.8) is 0 Å². The molecule has 0 unspecified atom stereocenters. The predicted octanol–water partition coefficient (Wildman–Crippen LogP) is 3.97. The Bertz CT molecular complexity index is 1300. The van der Waals surface area contributed by atoms with Crippen LogP contribution in [0.3, 0.4) is 0 Å². The molecule has 0 saturated carbocycles. The largest absolute Gasteiger partial charge is 0.490 e. The Morgan fingerprint density at radius 2 is 1.35 bits per heavy atom. The number of likely N-dealkylation sites (tertiary alicyclic amines) is 1. The van der Waals surface area contributed by atoms with Crippen LogP contribution in [0.15, 0.2) is 54.6 Å². The summed E-state index contributed by atoms with van der Waals surface area (Å²) < 4.78 is 26.4. The summed E-state index contributed by atoms with van der Waals surface area (Å²) in [4.78, 5) is 58.6. The molecule has 1 aliphatic rings. The molecule has 2 aromatic carbocycles. The van der Waals surface area contributed by atoms with E-state index < -0.39 is 51.8 Å². The smallest absolute Gasteiger partial charge is 0.410 e. The highest BCUT2D eigenvalue weighted by Gasteiger charge is 2.31. The standard InChI is InChI=1S/C28H31N3O12/c1-19(2)26(32)41-16-14-39-21-6-8-22(9-7-21)40-15-17-42-27(33)20-10-12-29(13-11-20)28(34)43-18-23-24(30(35)36)4-3-5-25(23)31(37)38/h3-9,20H,1,10-18H2,2H3. The number of esters is 2. The topological polar surface area (TPSA) is 187 Å². The minimum Gasteiger partial charge on any atom is -0.490 e. The molecule has 15 heteroatoms. The molecule has 2 aromatic rings. The number of nitrogens with zero attached hydrogens (tertiary/aromatic N) is 3. The number of hydrogen-bond acceptors (Lipinski definition) is 12. The lowest BCUT2D eigenvalue weighted by molar-refractivity contribution is -0.396. The molecule has 1 saturated heterocycles. The van der Waals surface area contributed by atoms with Gasteiger partial charge in [0.2, 0.25) is 0 Å². The molecule has 15 nitrogen and oxygen atoms in total. The number of piperidine rings is 1. The first-order valence-corrected chi connectivity index (χ1v) is 13.2. The minimum absolute atomic E-state index is 0.0159. The fourth-order valence-corrected chi connectivity index (χ4v) is 4.04. The highest BCUT2D eigenvalue weighted by molar-refractivity contribution is 5.86. The van der Waals surface area contributed by atoms with Crippen molar-refractivity contribution in [2.45, 2.75) is 26.4 Å². The Morgan fingerprint density at radius 1 is 0.837 bits per heavy atom. The Balaban J connectivity index is 1.34. The molecule has 1 amide bonds. The van der Waals surface area contributed by atoms with E-state index in [1.807, 2.05) is 0 Å². The summed E-state index contributed by atoms with van der Waals surface area (Å²) in [6.07, 6.45) is -0.168. The van der Waals surface area contributed by atoms with E-state index in [9.17, 15) is 34.6 Å². The van der Waals surface area contributed by atoms with Crippen molar-refractivity contribution in [2.75, 3.05) is 39.5 Å². The van der Waals surface area contributed by atoms with Gasteiger partial charge >= 0.3 is 18.0 Å². The molecule has 1 fully saturated rings. The van der Waals surface area contributed by atoms with Gasteiger partial charge in [-0.1, -0.05) is 6.58 Å². The van der Waals surface area contributed by atoms with Crippen LogP contribution in [0.25, 0.3) is 0 Å². The number of carbonyl (C=O) groups excluding carboxylic acids is 3. The van der Waals surface area contributed by atoms with Crippen LogP contribution >= 0.6 is 0 Å². The van der Waals surface area contributed by atoms with Gasteiger partial charge in [0.25, 0.3) is 11.4 Å². The Labute approximate surface area is 246 Å². The molecular formula is C28H31N3O12. The van der Waals surface area contributed by atoms with Crippen molar-refractivity contribution in [3.05, 3.63) is 80.4 Å². The fourth-order valence-electron chi connectivity index (χ4n) is 4.04. The average Bonchev–Trinajstić information content (AvgIpc) is 3.00. The number of ether oxygens (including phenoxy) is 5. The number of rotatable bonds is 14. The summed E-state index contributed by atoms with van der Waals surface area (Å²) in [5.41, 5.74) is -1.04. The van der Waals surface area contributed by atoms with Gasteiger partial charge in [-0.2, -0.15) is 0 Å². The highest BCUT2D eigenvalue weighted by atomic mass is 16.6. The first kappa shape index (κ1) is 32.3. The van der Waals surface area contributed by atoms with E-state index in [1.165, 1.54) is 11.0 Å². The van der Waals surface area contributed by atoms with Crippen LogP contribution in [0.4, 0.5) is 16.2 Å². The maximum atomic E-state index is 12.5. The maximum Gasteiger partial charge on any atom is 0.410 e. The van der Waals surface area contributed by atoms with Gasteiger partial charge in [-0.05, 0) is 50.1 Å². The molecule has 0 atom stereocenters. The molecule has 3 rings (SSSR count). The first-order chi connectivity index (χ1) is 20.6. The van der Waals surface area contributed by atoms with Crippen LogP contribution < -0.4 is 9.47 Å². The summed E-state index contributed by atoms with van der Waals surface area (Å²) in [6.45, 7) is 5.17. The number of hydrogen-bond donors (Lipinski definition) is 0. The van der Waals surface area contributed by atoms with Crippen LogP contribution in [-0.4, -0.2) is 72.3 Å². The van der Waals surface area contributed by atoms with Crippen LogP contribution in [0.5, 0.6) is 11.5 Å². The highest BCUT2D eigenvalue weighted by Crippen LogP contribution is 2.29. The second-order valence-electron chi connectivity index (χ2n) is 9.36. The SMILES string of the molecule is C=C(C)C(=O)OCCOc1ccc(OCCOC(=O)C2CCN(C(=O)OCc3c([N+](=O)[O-])cccc3[N+](=O)[O-])CC2)cc1. The maximum absolute atomic E-state index is 12.5. The van der Waals surface area contributed by atoms with Gasteiger partial charge in [0.1, 0.15) is 50.1 Å². The normalized spacial score (nSPS) is 13.0. The number of benzene rings is 2. The molecule has 0 spiro atoms. The second kappa shape index (κ2) is 15.7. The van der Waals surface area contributed by atoms with Gasteiger partial charge in [-0.25, -0.2) is 9.59 Å². The van der Waals surface area contributed by atoms with Gasteiger partial charge in [-0.3, -0.25) is 25.0 Å². The van der Waals surface area contributed by atoms with Crippen LogP contribution in [0, 0.1) is 26.1 Å². The second-order valence-corrected chi connectivity index (χ2v) is 9.36. The van der Waals surface area contributed by atoms with E-state index in [1.54, 1.807) is 31.2 Å². The van der Waals surface area contributed by atoms with Gasteiger partial charge in [0.15, 0.2) is 0 Å². The summed E-state index contributed by atoms with van der Waals surface area (Å²) in [6, 6.07) is 10.1. The minimum atomic E-state index is -0.796. The van der Waals surface area contributed by atoms with E-state index in [4.69, 9.17) is 23.7 Å². The molecular weight excluding hydrogens is 570 g/mol. The lowest BCUT2D eigenvalue weighted by Gasteiger charge is -2.30. The zero-order chi connectivity index (χ0) is 31.4. The molecule has 0 bridgehead atoms. The van der Waals surface area contributed by atoms with Crippen LogP contribution in [0.1, 0.15) is 25.3 Å². The molecule has 230 valence electrons. The molecule has 1 heterocycles. The third-order valence-corrected chi connectivity index (χ3v) is 6.30. The van der Waals surface area contributed by atoms with Crippen molar-refractivity contribution in [1.29, 1.82) is 0 Å². The average molecular weight is 602 g/mol. The van der Waals surface area contributed by atoms with E-state index in [2.05, 4.69) is 6.58 Å².